The van der Waals surface area contributed by atoms with Crippen molar-refractivity contribution >= 4 is 23.2 Å². The van der Waals surface area contributed by atoms with Crippen molar-refractivity contribution in [3.05, 3.63) is 59.9 Å². The van der Waals surface area contributed by atoms with Gasteiger partial charge < -0.3 is 11.1 Å². The van der Waals surface area contributed by atoms with Gasteiger partial charge in [-0.05, 0) is 24.3 Å². The molecule has 0 fully saturated rings. The number of nitrogens with two attached hydrogens (primary N) is 1. The predicted molar refractivity (Wildman–Crippen MR) is 81.3 cm³/mol. The van der Waals surface area contributed by atoms with Gasteiger partial charge >= 0.3 is 6.03 Å². The predicted octanol–water partition coefficient (Wildman–Crippen LogP) is 2.78. The van der Waals surface area contributed by atoms with Crippen LogP contribution in [0.15, 0.2) is 48.5 Å². The van der Waals surface area contributed by atoms with Crippen molar-refractivity contribution in [2.45, 2.75) is 0 Å². The van der Waals surface area contributed by atoms with Gasteiger partial charge in [-0.15, -0.1) is 0 Å². The highest BCUT2D eigenvalue weighted by atomic mass is 19.1. The molecule has 6 heteroatoms. The quantitative estimate of drug-likeness (QED) is 0.599. The normalized spacial score (nSPS) is 10.0. The molecular formula is C15H15FN4O. The number of urea groups is 1. The van der Waals surface area contributed by atoms with E-state index in [2.05, 4.69) is 5.32 Å². The van der Waals surface area contributed by atoms with Crippen molar-refractivity contribution in [3.63, 3.8) is 0 Å². The van der Waals surface area contributed by atoms with Crippen LogP contribution in [-0.2, 0) is 0 Å². The summed E-state index contributed by atoms with van der Waals surface area (Å²) in [5.41, 5.74) is 6.49. The summed E-state index contributed by atoms with van der Waals surface area (Å²) >= 11 is 0. The number of para-hydroxylation sites is 2. The van der Waals surface area contributed by atoms with E-state index in [9.17, 15) is 9.18 Å². The highest BCUT2D eigenvalue weighted by Gasteiger charge is 2.16. The molecule has 0 atom stereocenters. The first-order valence-corrected chi connectivity index (χ1v) is 6.23. The van der Waals surface area contributed by atoms with E-state index in [0.717, 1.165) is 0 Å². The highest BCUT2D eigenvalue weighted by Crippen LogP contribution is 2.20. The van der Waals surface area contributed by atoms with Crippen molar-refractivity contribution in [1.29, 1.82) is 5.41 Å². The maximum atomic E-state index is 13.5. The van der Waals surface area contributed by atoms with Gasteiger partial charge in [-0.1, -0.05) is 24.3 Å². The molecule has 4 N–H and O–H groups in total. The van der Waals surface area contributed by atoms with Crippen molar-refractivity contribution in [1.82, 2.24) is 0 Å². The Morgan fingerprint density at radius 1 is 1.19 bits per heavy atom. The number of nitrogens with zero attached hydrogens (tertiary/aromatic N) is 1. The Balaban J connectivity index is 2.24. The molecule has 2 aromatic carbocycles. The van der Waals surface area contributed by atoms with Gasteiger partial charge in [-0.3, -0.25) is 10.3 Å². The van der Waals surface area contributed by atoms with Crippen molar-refractivity contribution < 1.29 is 9.18 Å². The van der Waals surface area contributed by atoms with Crippen LogP contribution in [0.1, 0.15) is 5.56 Å². The lowest BCUT2D eigenvalue weighted by molar-refractivity contribution is 0.258. The minimum atomic E-state index is -0.520. The van der Waals surface area contributed by atoms with Gasteiger partial charge in [0.25, 0.3) is 0 Å². The fraction of sp³-hybridized carbons (Fsp3) is 0.0667. The molecule has 0 unspecified atom stereocenters. The minimum absolute atomic E-state index is 0.0923. The molecule has 2 amide bonds. The Kier molecular flexibility index (Phi) is 4.18. The summed E-state index contributed by atoms with van der Waals surface area (Å²) in [5.74, 6) is -0.657. The maximum absolute atomic E-state index is 13.5. The van der Waals surface area contributed by atoms with Gasteiger partial charge in [0.15, 0.2) is 0 Å². The van der Waals surface area contributed by atoms with Crippen LogP contribution in [0, 0.1) is 11.2 Å². The van der Waals surface area contributed by atoms with Crippen LogP contribution < -0.4 is 16.0 Å². The summed E-state index contributed by atoms with van der Waals surface area (Å²) < 4.78 is 13.5. The number of benzene rings is 2. The number of rotatable bonds is 3. The van der Waals surface area contributed by atoms with Gasteiger partial charge in [0.2, 0.25) is 0 Å². The number of hydrogen-bond acceptors (Lipinski definition) is 2. The fourth-order valence-electron chi connectivity index (χ4n) is 1.86. The largest absolute Gasteiger partial charge is 0.384 e. The lowest BCUT2D eigenvalue weighted by Crippen LogP contribution is -2.33. The Labute approximate surface area is 121 Å². The second-order valence-corrected chi connectivity index (χ2v) is 4.40. The number of amides is 2. The van der Waals surface area contributed by atoms with Crippen LogP contribution in [0.3, 0.4) is 0 Å². The fourth-order valence-corrected chi connectivity index (χ4v) is 1.86. The summed E-state index contributed by atoms with van der Waals surface area (Å²) in [6.07, 6.45) is 0. The molecule has 0 aliphatic carbocycles. The van der Waals surface area contributed by atoms with Crippen molar-refractivity contribution in [2.24, 2.45) is 5.73 Å². The van der Waals surface area contributed by atoms with Crippen LogP contribution in [-0.4, -0.2) is 18.9 Å². The molecule has 0 bridgehead atoms. The number of nitrogens with one attached hydrogen (secondary N) is 2. The molecule has 0 aliphatic rings. The molecule has 0 heterocycles. The molecule has 0 radical (unpaired) electrons. The highest BCUT2D eigenvalue weighted by molar-refractivity contribution is 6.07. The van der Waals surface area contributed by atoms with Crippen LogP contribution in [0.4, 0.5) is 20.6 Å². The molecule has 0 aliphatic heterocycles. The second-order valence-electron chi connectivity index (χ2n) is 4.40. The molecule has 0 saturated heterocycles. The lowest BCUT2D eigenvalue weighted by Gasteiger charge is -2.20. The Morgan fingerprint density at radius 3 is 2.48 bits per heavy atom. The Bertz CT molecular complexity index is 687. The summed E-state index contributed by atoms with van der Waals surface area (Å²) in [6, 6.07) is 12.1. The zero-order chi connectivity index (χ0) is 15.4. The topological polar surface area (TPSA) is 82.2 Å². The number of nitrogen functional groups attached to an aromatic ring is 1. The first-order valence-electron chi connectivity index (χ1n) is 6.23. The average molecular weight is 286 g/mol. The summed E-state index contributed by atoms with van der Waals surface area (Å²) in [7, 11) is 1.53. The van der Waals surface area contributed by atoms with E-state index in [4.69, 9.17) is 11.1 Å². The third-order valence-corrected chi connectivity index (χ3v) is 2.98. The molecule has 2 rings (SSSR count). The number of carbonyl (C=O) groups is 1. The van der Waals surface area contributed by atoms with Gasteiger partial charge in [-0.2, -0.15) is 0 Å². The van der Waals surface area contributed by atoms with E-state index in [1.807, 2.05) is 0 Å². The van der Waals surface area contributed by atoms with Gasteiger partial charge in [0.05, 0.1) is 11.4 Å². The van der Waals surface area contributed by atoms with E-state index in [-0.39, 0.29) is 11.5 Å². The van der Waals surface area contributed by atoms with Crippen LogP contribution in [0.25, 0.3) is 0 Å². The summed E-state index contributed by atoms with van der Waals surface area (Å²) in [4.78, 5) is 13.5. The number of anilines is 2. The summed E-state index contributed by atoms with van der Waals surface area (Å²) in [5, 5.41) is 10.0. The minimum Gasteiger partial charge on any atom is -0.384 e. The standard InChI is InChI=1S/C15H15FN4O/c1-20(13-9-5-2-6-10(13)14(17)18)15(21)19-12-8-4-3-7-11(12)16/h2-9H,1H3,(H3,17,18)(H,19,21). The Morgan fingerprint density at radius 2 is 1.81 bits per heavy atom. The molecule has 108 valence electrons. The molecule has 0 saturated carbocycles. The van der Waals surface area contributed by atoms with E-state index >= 15 is 0 Å². The second kappa shape index (κ2) is 6.04. The first-order chi connectivity index (χ1) is 10.0. The van der Waals surface area contributed by atoms with Gasteiger partial charge in [-0.25, -0.2) is 9.18 Å². The number of carbonyl (C=O) groups excluding carboxylic acids is 1. The lowest BCUT2D eigenvalue weighted by atomic mass is 10.1. The third kappa shape index (κ3) is 3.17. The number of hydrogen-bond donors (Lipinski definition) is 3. The third-order valence-electron chi connectivity index (χ3n) is 2.98. The van der Waals surface area contributed by atoms with Crippen LogP contribution >= 0.6 is 0 Å². The van der Waals surface area contributed by atoms with E-state index in [0.29, 0.717) is 11.3 Å². The van der Waals surface area contributed by atoms with Crippen LogP contribution in [0.5, 0.6) is 0 Å². The number of amidine groups is 1. The van der Waals surface area contributed by atoms with Gasteiger partial charge in [0.1, 0.15) is 11.7 Å². The molecule has 21 heavy (non-hydrogen) atoms. The summed E-state index contributed by atoms with van der Waals surface area (Å²) in [6.45, 7) is 0. The zero-order valence-electron chi connectivity index (χ0n) is 11.4. The maximum Gasteiger partial charge on any atom is 0.326 e. The van der Waals surface area contributed by atoms with E-state index in [1.165, 1.54) is 24.1 Å². The van der Waals surface area contributed by atoms with E-state index < -0.39 is 11.8 Å². The Hall–Kier alpha value is -2.89. The zero-order valence-corrected chi connectivity index (χ0v) is 11.4. The molecule has 5 nitrogen and oxygen atoms in total. The van der Waals surface area contributed by atoms with Gasteiger partial charge in [0, 0.05) is 12.6 Å². The molecule has 2 aromatic rings. The molecular weight excluding hydrogens is 271 g/mol. The first kappa shape index (κ1) is 14.5. The SMILES string of the molecule is CN(C(=O)Nc1ccccc1F)c1ccccc1C(=N)N. The number of halogens is 1. The average Bonchev–Trinajstić information content (AvgIpc) is 2.48. The molecule has 0 spiro atoms. The van der Waals surface area contributed by atoms with Crippen molar-refractivity contribution in [3.8, 4) is 0 Å². The van der Waals surface area contributed by atoms with E-state index in [1.54, 1.807) is 36.4 Å². The smallest absolute Gasteiger partial charge is 0.326 e. The van der Waals surface area contributed by atoms with Crippen molar-refractivity contribution in [2.75, 3.05) is 17.3 Å². The monoisotopic (exact) mass is 286 g/mol. The molecule has 0 aromatic heterocycles. The van der Waals surface area contributed by atoms with Crippen LogP contribution in [0.2, 0.25) is 0 Å².